The smallest absolute Gasteiger partial charge is 0.162 e. The number of aliphatic hydroxyl groups is 2. The summed E-state index contributed by atoms with van der Waals surface area (Å²) in [5.41, 5.74) is 0.496. The lowest BCUT2D eigenvalue weighted by atomic mass is 9.44. The van der Waals surface area contributed by atoms with Gasteiger partial charge in [-0.1, -0.05) is 13.8 Å². The van der Waals surface area contributed by atoms with E-state index in [2.05, 4.69) is 13.8 Å². The first-order valence-electron chi connectivity index (χ1n) is 10.1. The quantitative estimate of drug-likeness (QED) is 0.715. The Balaban J connectivity index is 1.61. The maximum Gasteiger partial charge on any atom is 0.162 e. The van der Waals surface area contributed by atoms with E-state index in [0.717, 1.165) is 31.1 Å². The molecule has 0 spiro atoms. The van der Waals surface area contributed by atoms with Gasteiger partial charge in [0, 0.05) is 18.8 Å². The largest absolute Gasteiger partial charge is 0.366 e. The summed E-state index contributed by atoms with van der Waals surface area (Å²) >= 11 is 0. The van der Waals surface area contributed by atoms with Crippen LogP contribution >= 0.6 is 0 Å². The van der Waals surface area contributed by atoms with Crippen LogP contribution in [0.1, 0.15) is 78.6 Å². The van der Waals surface area contributed by atoms with Crippen LogP contribution in [-0.2, 0) is 4.79 Å². The molecule has 0 radical (unpaired) electrons. The van der Waals surface area contributed by atoms with E-state index >= 15 is 0 Å². The van der Waals surface area contributed by atoms with Crippen molar-refractivity contribution >= 4 is 5.78 Å². The maximum absolute atomic E-state index is 12.2. The molecule has 4 aliphatic carbocycles. The summed E-state index contributed by atoms with van der Waals surface area (Å²) < 4.78 is 0. The van der Waals surface area contributed by atoms with Crippen LogP contribution in [-0.4, -0.2) is 21.8 Å². The highest BCUT2D eigenvalue weighted by Crippen LogP contribution is 2.67. The summed E-state index contributed by atoms with van der Waals surface area (Å²) in [6, 6.07) is 0. The molecule has 2 N–H and O–H groups in total. The van der Waals surface area contributed by atoms with Crippen molar-refractivity contribution < 1.29 is 15.0 Å². The SMILES string of the molecule is CC(=O)[C@H]1CC[C@H]2[C@@H]3CCC4CC(O)(O)CC[C@]4(C)[C@H]3CC[C@]12C. The molecule has 0 amide bonds. The predicted molar refractivity (Wildman–Crippen MR) is 93.1 cm³/mol. The molecular formula is C21H34O3. The zero-order chi connectivity index (χ0) is 17.3. The molecule has 4 rings (SSSR count). The first kappa shape index (κ1) is 17.0. The van der Waals surface area contributed by atoms with Crippen molar-refractivity contribution in [2.75, 3.05) is 0 Å². The molecule has 0 aromatic rings. The van der Waals surface area contributed by atoms with Gasteiger partial charge in [0.25, 0.3) is 0 Å². The number of Topliss-reactive ketones (excluding diaryl/α,β-unsaturated/α-hetero) is 1. The summed E-state index contributed by atoms with van der Waals surface area (Å²) in [4.78, 5) is 12.2. The molecule has 0 saturated heterocycles. The maximum atomic E-state index is 12.2. The topological polar surface area (TPSA) is 57.5 Å². The fraction of sp³-hybridized carbons (Fsp3) is 0.952. The Kier molecular flexibility index (Phi) is 3.76. The van der Waals surface area contributed by atoms with E-state index in [-0.39, 0.29) is 16.7 Å². The van der Waals surface area contributed by atoms with E-state index in [4.69, 9.17) is 0 Å². The molecule has 136 valence electrons. The van der Waals surface area contributed by atoms with Crippen molar-refractivity contribution in [3.05, 3.63) is 0 Å². The van der Waals surface area contributed by atoms with E-state index in [1.165, 1.54) is 25.7 Å². The van der Waals surface area contributed by atoms with Crippen molar-refractivity contribution in [1.29, 1.82) is 0 Å². The van der Waals surface area contributed by atoms with Gasteiger partial charge >= 0.3 is 0 Å². The zero-order valence-electron chi connectivity index (χ0n) is 15.6. The average molecular weight is 335 g/mol. The molecule has 0 bridgehead atoms. The third-order valence-corrected chi connectivity index (χ3v) is 9.19. The summed E-state index contributed by atoms with van der Waals surface area (Å²) in [5, 5.41) is 20.3. The molecule has 0 aromatic heterocycles. The fourth-order valence-corrected chi connectivity index (χ4v) is 7.89. The third kappa shape index (κ3) is 2.26. The van der Waals surface area contributed by atoms with Crippen molar-refractivity contribution in [2.24, 2.45) is 40.4 Å². The van der Waals surface area contributed by atoms with Gasteiger partial charge in [-0.3, -0.25) is 4.79 Å². The Morgan fingerprint density at radius 1 is 0.875 bits per heavy atom. The minimum absolute atomic E-state index is 0.225. The molecule has 7 atom stereocenters. The van der Waals surface area contributed by atoms with Crippen LogP contribution in [0.15, 0.2) is 0 Å². The third-order valence-electron chi connectivity index (χ3n) is 9.19. The van der Waals surface area contributed by atoms with Crippen LogP contribution in [0, 0.1) is 40.4 Å². The predicted octanol–water partition coefficient (Wildman–Crippen LogP) is 3.92. The fourth-order valence-electron chi connectivity index (χ4n) is 7.89. The second-order valence-corrected chi connectivity index (χ2v) is 10.1. The van der Waals surface area contributed by atoms with Crippen molar-refractivity contribution in [1.82, 2.24) is 0 Å². The zero-order valence-corrected chi connectivity index (χ0v) is 15.6. The average Bonchev–Trinajstić information content (AvgIpc) is 2.85. The van der Waals surface area contributed by atoms with Gasteiger partial charge in [0.2, 0.25) is 0 Å². The molecule has 1 unspecified atom stereocenters. The summed E-state index contributed by atoms with van der Waals surface area (Å²) in [7, 11) is 0. The van der Waals surface area contributed by atoms with E-state index in [1.54, 1.807) is 6.92 Å². The molecule has 3 nitrogen and oxygen atoms in total. The Hall–Kier alpha value is -0.410. The van der Waals surface area contributed by atoms with Gasteiger partial charge in [-0.2, -0.15) is 0 Å². The molecule has 3 heteroatoms. The Morgan fingerprint density at radius 3 is 2.29 bits per heavy atom. The summed E-state index contributed by atoms with van der Waals surface area (Å²) in [6.45, 7) is 6.63. The van der Waals surface area contributed by atoms with E-state index in [9.17, 15) is 15.0 Å². The first-order chi connectivity index (χ1) is 11.2. The first-order valence-corrected chi connectivity index (χ1v) is 10.1. The molecular weight excluding hydrogens is 300 g/mol. The van der Waals surface area contributed by atoms with Gasteiger partial charge in [0.15, 0.2) is 5.79 Å². The lowest BCUT2D eigenvalue weighted by molar-refractivity contribution is -0.233. The Labute approximate surface area is 146 Å². The standard InChI is InChI=1S/C21H34O3/c1-13(22)16-6-7-17-15-5-4-14-12-21(23,24)11-10-19(14,2)18(15)8-9-20(16,17)3/h14-18,23-24H,4-12H2,1-3H3/t14?,15-,16+,17-,18-,19-,20+/m0/s1. The lowest BCUT2D eigenvalue weighted by Gasteiger charge is -2.61. The normalized spacial score (nSPS) is 53.0. The number of fused-ring (bicyclic) bond motifs is 5. The number of hydrogen-bond donors (Lipinski definition) is 2. The number of carbonyl (C=O) groups excluding carboxylic acids is 1. The number of rotatable bonds is 1. The number of carbonyl (C=O) groups is 1. The molecule has 4 fully saturated rings. The van der Waals surface area contributed by atoms with Crippen LogP contribution in [0.2, 0.25) is 0 Å². The highest BCUT2D eigenvalue weighted by atomic mass is 16.5. The molecule has 0 aliphatic heterocycles. The van der Waals surface area contributed by atoms with Crippen LogP contribution < -0.4 is 0 Å². The monoisotopic (exact) mass is 334 g/mol. The highest BCUT2D eigenvalue weighted by molar-refractivity contribution is 5.79. The highest BCUT2D eigenvalue weighted by Gasteiger charge is 2.61. The minimum Gasteiger partial charge on any atom is -0.366 e. The second kappa shape index (κ2) is 5.30. The molecule has 0 heterocycles. The van der Waals surface area contributed by atoms with Crippen LogP contribution in [0.5, 0.6) is 0 Å². The van der Waals surface area contributed by atoms with Gasteiger partial charge < -0.3 is 10.2 Å². The van der Waals surface area contributed by atoms with E-state index < -0.39 is 5.79 Å². The van der Waals surface area contributed by atoms with Crippen LogP contribution in [0.4, 0.5) is 0 Å². The Bertz CT molecular complexity index is 541. The number of ketones is 1. The Morgan fingerprint density at radius 2 is 1.58 bits per heavy atom. The molecule has 0 aromatic carbocycles. The van der Waals surface area contributed by atoms with Gasteiger partial charge in [-0.05, 0) is 86.4 Å². The minimum atomic E-state index is -1.44. The number of hydrogen-bond acceptors (Lipinski definition) is 3. The molecule has 4 saturated carbocycles. The van der Waals surface area contributed by atoms with E-state index in [0.29, 0.717) is 30.5 Å². The van der Waals surface area contributed by atoms with Crippen molar-refractivity contribution in [3.63, 3.8) is 0 Å². The molecule has 4 aliphatic rings. The van der Waals surface area contributed by atoms with Gasteiger partial charge in [0.1, 0.15) is 5.78 Å². The lowest BCUT2D eigenvalue weighted by Crippen LogP contribution is -2.56. The van der Waals surface area contributed by atoms with Crippen LogP contribution in [0.25, 0.3) is 0 Å². The summed E-state index contributed by atoms with van der Waals surface area (Å²) in [6.07, 6.45) is 9.15. The van der Waals surface area contributed by atoms with Gasteiger partial charge in [0.05, 0.1) is 0 Å². The van der Waals surface area contributed by atoms with Crippen molar-refractivity contribution in [3.8, 4) is 0 Å². The van der Waals surface area contributed by atoms with Gasteiger partial charge in [-0.15, -0.1) is 0 Å². The summed E-state index contributed by atoms with van der Waals surface area (Å²) in [5.74, 6) is 1.88. The van der Waals surface area contributed by atoms with Gasteiger partial charge in [-0.25, -0.2) is 0 Å². The molecule has 24 heavy (non-hydrogen) atoms. The second-order valence-electron chi connectivity index (χ2n) is 10.1. The van der Waals surface area contributed by atoms with E-state index in [1.807, 2.05) is 0 Å². The van der Waals surface area contributed by atoms with Crippen LogP contribution in [0.3, 0.4) is 0 Å². The van der Waals surface area contributed by atoms with Crippen molar-refractivity contribution in [2.45, 2.75) is 84.3 Å².